The average molecular weight is 608 g/mol. The molecule has 1 fully saturated rings. The third kappa shape index (κ3) is 6.97. The van der Waals surface area contributed by atoms with Gasteiger partial charge in [0.25, 0.3) is 5.91 Å². The summed E-state index contributed by atoms with van der Waals surface area (Å²) in [5.41, 5.74) is -5.66. The predicted molar refractivity (Wildman–Crippen MR) is 144 cm³/mol. The maximum absolute atomic E-state index is 14.5. The first-order valence-corrected chi connectivity index (χ1v) is 13.0. The van der Waals surface area contributed by atoms with Crippen molar-refractivity contribution < 1.29 is 51.9 Å². The number of carbonyl (C=O) groups excluding carboxylic acids is 1. The van der Waals surface area contributed by atoms with Crippen molar-refractivity contribution in [2.75, 3.05) is 20.3 Å². The number of amides is 2. The van der Waals surface area contributed by atoms with E-state index in [9.17, 15) is 42.5 Å². The third-order valence-electron chi connectivity index (χ3n) is 6.92. The van der Waals surface area contributed by atoms with Crippen molar-refractivity contribution >= 4 is 12.0 Å². The minimum Gasteiger partial charge on any atom is -0.493 e. The molecular formula is C29H29F4N3O7. The summed E-state index contributed by atoms with van der Waals surface area (Å²) in [4.78, 5) is 28.4. The average Bonchev–Trinajstić information content (AvgIpc) is 3.73. The van der Waals surface area contributed by atoms with E-state index in [1.54, 1.807) is 0 Å². The van der Waals surface area contributed by atoms with Crippen LogP contribution < -0.4 is 20.1 Å². The molecular weight excluding hydrogens is 578 g/mol. The summed E-state index contributed by atoms with van der Waals surface area (Å²) >= 11 is 0. The number of aliphatic hydroxyl groups excluding tert-OH is 1. The SMILES string of the molecule is COc1cc(C(=O)NCC(O)(c2cc(C3(NC(=O)O)CC3)cc(-c3ccc(F)cc3)n2)C(F)(F)F)ccc1OC[C@@H](C)O. The van der Waals surface area contributed by atoms with Gasteiger partial charge < -0.3 is 35.4 Å². The fraction of sp³-hybridized carbons (Fsp3) is 0.345. The molecule has 1 aromatic heterocycles. The molecule has 10 nitrogen and oxygen atoms in total. The van der Waals surface area contributed by atoms with Gasteiger partial charge in [-0.3, -0.25) is 4.79 Å². The number of nitrogens with zero attached hydrogens (tertiary/aromatic N) is 1. The number of hydrogen-bond acceptors (Lipinski definition) is 7. The summed E-state index contributed by atoms with van der Waals surface area (Å²) in [6, 6.07) is 10.9. The van der Waals surface area contributed by atoms with E-state index in [0.717, 1.165) is 18.2 Å². The zero-order valence-electron chi connectivity index (χ0n) is 23.0. The molecule has 1 heterocycles. The van der Waals surface area contributed by atoms with Gasteiger partial charge in [0, 0.05) is 11.1 Å². The predicted octanol–water partition coefficient (Wildman–Crippen LogP) is 4.09. The Bertz CT molecular complexity index is 1490. The molecule has 230 valence electrons. The molecule has 0 saturated heterocycles. The lowest BCUT2D eigenvalue weighted by Crippen LogP contribution is -2.51. The van der Waals surface area contributed by atoms with Crippen LogP contribution in [0.1, 0.15) is 41.4 Å². The molecule has 43 heavy (non-hydrogen) atoms. The molecule has 1 aliphatic rings. The Labute approximate surface area is 243 Å². The second kappa shape index (κ2) is 12.1. The van der Waals surface area contributed by atoms with Gasteiger partial charge in [0.1, 0.15) is 12.4 Å². The molecule has 0 bridgehead atoms. The molecule has 14 heteroatoms. The lowest BCUT2D eigenvalue weighted by molar-refractivity contribution is -0.265. The highest BCUT2D eigenvalue weighted by molar-refractivity contribution is 5.95. The molecule has 5 N–H and O–H groups in total. The first-order valence-electron chi connectivity index (χ1n) is 13.0. The number of carboxylic acid groups (broad SMARTS) is 1. The van der Waals surface area contributed by atoms with E-state index >= 15 is 0 Å². The van der Waals surface area contributed by atoms with Crippen LogP contribution in [-0.2, 0) is 11.1 Å². The number of pyridine rings is 1. The molecule has 3 aromatic rings. The third-order valence-corrected chi connectivity index (χ3v) is 6.92. The highest BCUT2D eigenvalue weighted by atomic mass is 19.4. The fourth-order valence-corrected chi connectivity index (χ4v) is 4.39. The molecule has 0 aliphatic heterocycles. The molecule has 1 unspecified atom stereocenters. The van der Waals surface area contributed by atoms with E-state index < -0.39 is 53.5 Å². The Morgan fingerprint density at radius 2 is 1.74 bits per heavy atom. The standard InChI is InChI=1S/C29H29F4N3O7/c1-16(37)14-43-22-8-5-18(11-23(22)42-2)25(38)34-15-28(41,29(31,32)33)24-13-19(27(9-10-27)36-26(39)40)12-21(35-24)17-3-6-20(30)7-4-17/h3-8,11-13,16,36-37,41H,9-10,14-15H2,1-2H3,(H,34,38)(H,39,40)/t16-,28?/m1/s1. The molecule has 2 atom stereocenters. The Morgan fingerprint density at radius 3 is 2.30 bits per heavy atom. The molecule has 0 radical (unpaired) electrons. The minimum atomic E-state index is -5.35. The first kappa shape index (κ1) is 31.5. The zero-order valence-corrected chi connectivity index (χ0v) is 23.0. The maximum Gasteiger partial charge on any atom is 0.424 e. The van der Waals surface area contributed by atoms with Gasteiger partial charge in [0.15, 0.2) is 11.5 Å². The van der Waals surface area contributed by atoms with Crippen LogP contribution in [-0.4, -0.2) is 64.8 Å². The van der Waals surface area contributed by atoms with Gasteiger partial charge in [-0.05, 0) is 79.9 Å². The fourth-order valence-electron chi connectivity index (χ4n) is 4.39. The van der Waals surface area contributed by atoms with Crippen molar-refractivity contribution in [2.45, 2.75) is 43.2 Å². The quantitative estimate of drug-likeness (QED) is 0.205. The van der Waals surface area contributed by atoms with Crippen molar-refractivity contribution in [2.24, 2.45) is 0 Å². The number of aliphatic hydroxyl groups is 2. The van der Waals surface area contributed by atoms with Crippen molar-refractivity contribution in [1.29, 1.82) is 0 Å². The summed E-state index contributed by atoms with van der Waals surface area (Å²) < 4.78 is 67.8. The first-order chi connectivity index (χ1) is 20.2. The van der Waals surface area contributed by atoms with E-state index in [0.29, 0.717) is 0 Å². The van der Waals surface area contributed by atoms with Crippen LogP contribution in [0.2, 0.25) is 0 Å². The number of nitrogens with one attached hydrogen (secondary N) is 2. The Hall–Kier alpha value is -4.43. The Morgan fingerprint density at radius 1 is 1.07 bits per heavy atom. The van der Waals surface area contributed by atoms with Gasteiger partial charge in [0.2, 0.25) is 5.60 Å². The van der Waals surface area contributed by atoms with Gasteiger partial charge in [0.05, 0.1) is 36.7 Å². The number of ether oxygens (including phenoxy) is 2. The van der Waals surface area contributed by atoms with E-state index in [-0.39, 0.29) is 53.3 Å². The lowest BCUT2D eigenvalue weighted by atomic mass is 9.92. The highest BCUT2D eigenvalue weighted by Crippen LogP contribution is 2.48. The van der Waals surface area contributed by atoms with Gasteiger partial charge in [-0.15, -0.1) is 0 Å². The smallest absolute Gasteiger partial charge is 0.424 e. The second-order valence-corrected chi connectivity index (χ2v) is 10.2. The second-order valence-electron chi connectivity index (χ2n) is 10.2. The van der Waals surface area contributed by atoms with Crippen LogP contribution in [0.5, 0.6) is 11.5 Å². The normalized spacial score (nSPS) is 16.0. The number of halogens is 4. The van der Waals surface area contributed by atoms with Gasteiger partial charge in [-0.1, -0.05) is 0 Å². The van der Waals surface area contributed by atoms with Gasteiger partial charge >= 0.3 is 12.3 Å². The van der Waals surface area contributed by atoms with Crippen LogP contribution in [0.25, 0.3) is 11.3 Å². The molecule has 1 saturated carbocycles. The van der Waals surface area contributed by atoms with Crippen LogP contribution in [0, 0.1) is 5.82 Å². The van der Waals surface area contributed by atoms with Gasteiger partial charge in [-0.25, -0.2) is 14.2 Å². The maximum atomic E-state index is 14.5. The van der Waals surface area contributed by atoms with E-state index in [2.05, 4.69) is 15.6 Å². The number of carbonyl (C=O) groups is 2. The van der Waals surface area contributed by atoms with Crippen molar-refractivity contribution in [3.05, 3.63) is 77.2 Å². The van der Waals surface area contributed by atoms with Crippen molar-refractivity contribution in [3.8, 4) is 22.8 Å². The van der Waals surface area contributed by atoms with Gasteiger partial charge in [-0.2, -0.15) is 13.2 Å². The number of alkyl halides is 3. The summed E-state index contributed by atoms with van der Waals surface area (Å²) in [6.07, 6.45) is -6.97. The summed E-state index contributed by atoms with van der Waals surface area (Å²) in [5.74, 6) is -1.31. The van der Waals surface area contributed by atoms with Crippen LogP contribution in [0.15, 0.2) is 54.6 Å². The monoisotopic (exact) mass is 607 g/mol. The molecule has 0 spiro atoms. The summed E-state index contributed by atoms with van der Waals surface area (Å²) in [7, 11) is 1.29. The summed E-state index contributed by atoms with van der Waals surface area (Å²) in [6.45, 7) is 0.0722. The minimum absolute atomic E-state index is 0.0718. The van der Waals surface area contributed by atoms with Crippen LogP contribution in [0.3, 0.4) is 0 Å². The van der Waals surface area contributed by atoms with Crippen LogP contribution >= 0.6 is 0 Å². The zero-order chi connectivity index (χ0) is 31.6. The van der Waals surface area contributed by atoms with E-state index in [4.69, 9.17) is 9.47 Å². The van der Waals surface area contributed by atoms with Crippen LogP contribution in [0.4, 0.5) is 22.4 Å². The highest BCUT2D eigenvalue weighted by Gasteiger charge is 2.57. The Balaban J connectivity index is 1.70. The van der Waals surface area contributed by atoms with Crippen molar-refractivity contribution in [1.82, 2.24) is 15.6 Å². The molecule has 2 aromatic carbocycles. The van der Waals surface area contributed by atoms with E-state index in [1.165, 1.54) is 50.4 Å². The Kier molecular flexibility index (Phi) is 8.83. The van der Waals surface area contributed by atoms with E-state index in [1.807, 2.05) is 0 Å². The number of hydrogen-bond donors (Lipinski definition) is 5. The summed E-state index contributed by atoms with van der Waals surface area (Å²) in [5, 5.41) is 34.3. The topological polar surface area (TPSA) is 150 Å². The number of benzene rings is 2. The van der Waals surface area contributed by atoms with Crippen molar-refractivity contribution in [3.63, 3.8) is 0 Å². The number of methoxy groups -OCH3 is 1. The lowest BCUT2D eigenvalue weighted by Gasteiger charge is -2.31. The molecule has 2 amide bonds. The molecule has 1 aliphatic carbocycles. The largest absolute Gasteiger partial charge is 0.493 e. The molecule has 4 rings (SSSR count). The number of rotatable bonds is 11. The number of aromatic nitrogens is 1.